The second-order valence-electron chi connectivity index (χ2n) is 11.4. The number of rotatable bonds is 8. The van der Waals surface area contributed by atoms with Crippen LogP contribution < -0.4 is 20.7 Å². The lowest BCUT2D eigenvalue weighted by Crippen LogP contribution is -2.46. The number of aromatic nitrogens is 4. The number of carboxylic acids is 1. The highest BCUT2D eigenvalue weighted by molar-refractivity contribution is 5.99. The van der Waals surface area contributed by atoms with Crippen LogP contribution in [-0.2, 0) is 4.79 Å². The molecule has 1 aromatic carbocycles. The molecule has 1 saturated heterocycles. The number of benzene rings is 1. The van der Waals surface area contributed by atoms with Crippen molar-refractivity contribution in [2.24, 2.45) is 0 Å². The molecule has 1 aliphatic carbocycles. The minimum Gasteiger partial charge on any atom is -0.478 e. The van der Waals surface area contributed by atoms with Crippen molar-refractivity contribution in [3.05, 3.63) is 81.9 Å². The van der Waals surface area contributed by atoms with Crippen LogP contribution in [0.25, 0.3) is 17.1 Å². The number of fused-ring (bicyclic) bond motifs is 1. The molecule has 2 N–H and O–H groups in total. The molecule has 1 aliphatic heterocycles. The van der Waals surface area contributed by atoms with E-state index in [0.717, 1.165) is 74.9 Å². The molecule has 0 unspecified atom stereocenters. The number of aryl methyl sites for hydroxylation is 1. The van der Waals surface area contributed by atoms with Gasteiger partial charge in [-0.25, -0.2) is 14.8 Å². The Morgan fingerprint density at radius 2 is 1.59 bits per heavy atom. The quantitative estimate of drug-likeness (QED) is 0.213. The van der Waals surface area contributed by atoms with Crippen LogP contribution in [0.5, 0.6) is 0 Å². The number of carbonyl (C=O) groups is 2. The third-order valence-corrected chi connectivity index (χ3v) is 8.56. The van der Waals surface area contributed by atoms with E-state index >= 15 is 0 Å². The average molecular weight is 594 g/mol. The predicted octanol–water partition coefficient (Wildman–Crippen LogP) is 4.98. The fraction of sp³-hybridized carbons (Fsp3) is 0.333. The summed E-state index contributed by atoms with van der Waals surface area (Å²) in [4.78, 5) is 55.1. The lowest BCUT2D eigenvalue weighted by atomic mass is 10.0. The number of pyridine rings is 2. The number of aliphatic carboxylic acids is 1. The number of Topliss-reactive ketones (excluding diaryl/α,β-unsaturated/α-hetero) is 1. The molecule has 1 saturated carbocycles. The molecular weight excluding hydrogens is 558 g/mol. The van der Waals surface area contributed by atoms with E-state index in [1.807, 2.05) is 42.6 Å². The summed E-state index contributed by atoms with van der Waals surface area (Å²) in [6, 6.07) is 11.8. The number of ketones is 1. The molecule has 0 spiro atoms. The maximum Gasteiger partial charge on any atom is 0.328 e. The van der Waals surface area contributed by atoms with Gasteiger partial charge in [-0.1, -0.05) is 25.0 Å². The monoisotopic (exact) mass is 593 g/mol. The van der Waals surface area contributed by atoms with Crippen LogP contribution >= 0.6 is 0 Å². The molecule has 226 valence electrons. The number of nitrogens with zero attached hydrogens (tertiary/aromatic N) is 6. The van der Waals surface area contributed by atoms with E-state index in [1.54, 1.807) is 23.8 Å². The average Bonchev–Trinajstić information content (AvgIpc) is 3.55. The van der Waals surface area contributed by atoms with E-state index in [9.17, 15) is 14.4 Å². The summed E-state index contributed by atoms with van der Waals surface area (Å²) in [7, 11) is 0. The first-order chi connectivity index (χ1) is 21.3. The number of carboxylic acid groups (broad SMARTS) is 1. The molecule has 0 atom stereocenters. The van der Waals surface area contributed by atoms with Crippen LogP contribution in [0.4, 0.5) is 23.1 Å². The summed E-state index contributed by atoms with van der Waals surface area (Å²) in [5.41, 5.74) is 4.08. The number of hydrogen-bond acceptors (Lipinski definition) is 9. The zero-order valence-corrected chi connectivity index (χ0v) is 24.9. The molecule has 11 heteroatoms. The highest BCUT2D eigenvalue weighted by Gasteiger charge is 2.26. The fourth-order valence-electron chi connectivity index (χ4n) is 6.26. The molecule has 2 aliphatic rings. The van der Waals surface area contributed by atoms with Crippen LogP contribution in [0.15, 0.2) is 59.7 Å². The van der Waals surface area contributed by atoms with Crippen molar-refractivity contribution >= 4 is 52.0 Å². The zero-order chi connectivity index (χ0) is 30.8. The van der Waals surface area contributed by atoms with Crippen LogP contribution in [0, 0.1) is 6.92 Å². The predicted molar refractivity (Wildman–Crippen MR) is 171 cm³/mol. The van der Waals surface area contributed by atoms with Gasteiger partial charge in [0, 0.05) is 55.6 Å². The molecule has 4 heterocycles. The first kappa shape index (κ1) is 29.0. The van der Waals surface area contributed by atoms with Gasteiger partial charge in [-0.05, 0) is 68.2 Å². The van der Waals surface area contributed by atoms with Gasteiger partial charge in [-0.3, -0.25) is 14.2 Å². The maximum absolute atomic E-state index is 13.5. The van der Waals surface area contributed by atoms with Crippen molar-refractivity contribution < 1.29 is 14.7 Å². The van der Waals surface area contributed by atoms with Gasteiger partial charge in [-0.15, -0.1) is 0 Å². The number of hydrogen-bond donors (Lipinski definition) is 2. The van der Waals surface area contributed by atoms with Gasteiger partial charge in [0.15, 0.2) is 5.78 Å². The van der Waals surface area contributed by atoms with E-state index < -0.39 is 5.97 Å². The Morgan fingerprint density at radius 1 is 0.932 bits per heavy atom. The van der Waals surface area contributed by atoms with E-state index in [0.29, 0.717) is 28.4 Å². The molecule has 3 aromatic heterocycles. The molecule has 0 radical (unpaired) electrons. The number of piperazine rings is 1. The van der Waals surface area contributed by atoms with E-state index in [2.05, 4.69) is 25.1 Å². The van der Waals surface area contributed by atoms with Crippen LogP contribution in [0.3, 0.4) is 0 Å². The summed E-state index contributed by atoms with van der Waals surface area (Å²) < 4.78 is 1.71. The Balaban J connectivity index is 1.15. The summed E-state index contributed by atoms with van der Waals surface area (Å²) >= 11 is 0. The Labute approximate surface area is 254 Å². The van der Waals surface area contributed by atoms with E-state index in [4.69, 9.17) is 10.1 Å². The molecule has 0 amide bonds. The fourth-order valence-corrected chi connectivity index (χ4v) is 6.26. The van der Waals surface area contributed by atoms with Crippen molar-refractivity contribution in [1.82, 2.24) is 19.5 Å². The Morgan fingerprint density at radius 3 is 2.20 bits per heavy atom. The molecule has 11 nitrogen and oxygen atoms in total. The second-order valence-corrected chi connectivity index (χ2v) is 11.4. The van der Waals surface area contributed by atoms with Crippen molar-refractivity contribution in [3.63, 3.8) is 0 Å². The Kier molecular flexibility index (Phi) is 8.10. The van der Waals surface area contributed by atoms with Crippen molar-refractivity contribution in [3.8, 4) is 0 Å². The number of carbonyl (C=O) groups excluding carboxylic acids is 1. The second kappa shape index (κ2) is 12.3. The molecule has 6 rings (SSSR count). The lowest BCUT2D eigenvalue weighted by molar-refractivity contribution is -0.131. The maximum atomic E-state index is 13.5. The normalized spacial score (nSPS) is 15.8. The topological polar surface area (TPSA) is 134 Å². The summed E-state index contributed by atoms with van der Waals surface area (Å²) in [5, 5.41) is 12.7. The molecule has 0 bridgehead atoms. The highest BCUT2D eigenvalue weighted by atomic mass is 16.4. The van der Waals surface area contributed by atoms with E-state index in [1.165, 1.54) is 6.92 Å². The third-order valence-electron chi connectivity index (χ3n) is 8.56. The smallest absolute Gasteiger partial charge is 0.328 e. The molecule has 4 aromatic rings. The van der Waals surface area contributed by atoms with Gasteiger partial charge in [0.05, 0.1) is 17.4 Å². The van der Waals surface area contributed by atoms with Gasteiger partial charge >= 0.3 is 5.97 Å². The van der Waals surface area contributed by atoms with E-state index in [-0.39, 0.29) is 22.9 Å². The third kappa shape index (κ3) is 5.90. The van der Waals surface area contributed by atoms with Gasteiger partial charge in [-0.2, -0.15) is 4.98 Å². The van der Waals surface area contributed by atoms with Crippen LogP contribution in [0.2, 0.25) is 0 Å². The SMILES string of the molecule is CC(=O)c1c(C)c2cnc(Nc3ccc(N4CCN(c5ccc(/C=C/C(=O)O)cc5)CC4)cn3)nc2n(C2CCCC2)c1=O. The molecule has 2 fully saturated rings. The van der Waals surface area contributed by atoms with Gasteiger partial charge in [0.25, 0.3) is 5.56 Å². The van der Waals surface area contributed by atoms with Crippen molar-refractivity contribution in [1.29, 1.82) is 0 Å². The largest absolute Gasteiger partial charge is 0.478 e. The van der Waals surface area contributed by atoms with Crippen molar-refractivity contribution in [2.45, 2.75) is 45.6 Å². The Hall–Kier alpha value is -5.06. The summed E-state index contributed by atoms with van der Waals surface area (Å²) in [6.07, 6.45) is 10.1. The zero-order valence-electron chi connectivity index (χ0n) is 24.9. The van der Waals surface area contributed by atoms with Crippen LogP contribution in [-0.4, -0.2) is 62.6 Å². The lowest BCUT2D eigenvalue weighted by Gasteiger charge is -2.37. The van der Waals surface area contributed by atoms with Crippen LogP contribution in [0.1, 0.15) is 60.1 Å². The molecule has 44 heavy (non-hydrogen) atoms. The number of nitrogens with one attached hydrogen (secondary N) is 1. The number of anilines is 4. The standard InChI is InChI=1S/C33H35N7O4/c1-21-27-20-35-33(37-31(27)40(25-5-3-4-6-25)32(44)30(21)22(2)41)36-28-13-12-26(19-34-28)39-17-15-38(16-18-39)24-10-7-23(8-11-24)9-14-29(42)43/h7-14,19-20,25H,3-6,15-18H2,1-2H3,(H,42,43)(H,34,35,36,37)/b14-9+. The van der Waals surface area contributed by atoms with Crippen molar-refractivity contribution in [2.75, 3.05) is 41.3 Å². The summed E-state index contributed by atoms with van der Waals surface area (Å²) in [6.45, 7) is 6.59. The van der Waals surface area contributed by atoms with Gasteiger partial charge in [0.2, 0.25) is 5.95 Å². The van der Waals surface area contributed by atoms with Gasteiger partial charge < -0.3 is 20.2 Å². The first-order valence-electron chi connectivity index (χ1n) is 15.0. The minimum atomic E-state index is -0.961. The van der Waals surface area contributed by atoms with Gasteiger partial charge in [0.1, 0.15) is 11.5 Å². The first-order valence-corrected chi connectivity index (χ1v) is 15.0. The molecular formula is C33H35N7O4. The Bertz CT molecular complexity index is 1780. The minimum absolute atomic E-state index is 0.0182. The highest BCUT2D eigenvalue weighted by Crippen LogP contribution is 2.32. The summed E-state index contributed by atoms with van der Waals surface area (Å²) in [5.74, 6) is -0.264.